The molecule has 4 rings (SSSR count). The van der Waals surface area contributed by atoms with Crippen molar-refractivity contribution in [1.29, 1.82) is 0 Å². The summed E-state index contributed by atoms with van der Waals surface area (Å²) in [5.74, 6) is 0.576. The number of carbonyl (C=O) groups is 1. The van der Waals surface area contributed by atoms with Crippen LogP contribution in [0.25, 0.3) is 10.2 Å². The van der Waals surface area contributed by atoms with E-state index in [2.05, 4.69) is 26.8 Å². The van der Waals surface area contributed by atoms with Crippen molar-refractivity contribution in [2.45, 2.75) is 0 Å². The molecule has 2 aliphatic rings. The molecule has 21 heavy (non-hydrogen) atoms. The van der Waals surface area contributed by atoms with E-state index in [1.165, 1.54) is 0 Å². The van der Waals surface area contributed by atoms with Crippen LogP contribution in [-0.2, 0) is 4.79 Å². The summed E-state index contributed by atoms with van der Waals surface area (Å²) in [5, 5.41) is 0. The smallest absolute Gasteiger partial charge is 0.223 e. The van der Waals surface area contributed by atoms with E-state index in [4.69, 9.17) is 5.73 Å². The van der Waals surface area contributed by atoms with Gasteiger partial charge in [0.1, 0.15) is 5.52 Å². The lowest BCUT2D eigenvalue weighted by molar-refractivity contribution is -0.128. The van der Waals surface area contributed by atoms with Crippen LogP contribution in [0.3, 0.4) is 0 Å². The fourth-order valence-corrected chi connectivity index (χ4v) is 4.55. The Kier molecular flexibility index (Phi) is 2.71. The number of likely N-dealkylation sites (tertiary alicyclic amines) is 1. The van der Waals surface area contributed by atoms with Crippen molar-refractivity contribution in [2.75, 3.05) is 38.1 Å². The molecule has 0 aliphatic carbocycles. The highest BCUT2D eigenvalue weighted by molar-refractivity contribution is 7.16. The van der Waals surface area contributed by atoms with E-state index in [1.54, 1.807) is 11.3 Å². The van der Waals surface area contributed by atoms with Gasteiger partial charge in [0.2, 0.25) is 5.91 Å². The monoisotopic (exact) mass is 303 g/mol. The Bertz CT molecular complexity index is 708. The number of hydrogen-bond acceptors (Lipinski definition) is 6. The molecule has 2 aromatic rings. The topological polar surface area (TPSA) is 75.3 Å². The van der Waals surface area contributed by atoms with Gasteiger partial charge < -0.3 is 15.5 Å². The SMILES string of the molecule is CN1CC2(C1)CN(c1nccc3scnc13)CC2C(N)=O. The first kappa shape index (κ1) is 13.0. The standard InChI is InChI=1S/C14H17N5OS/c1-18-5-14(6-18)7-19(4-9(14)12(15)20)13-11-10(2-3-16-13)21-8-17-11/h2-3,8-9H,4-7H2,1H3,(H2,15,20). The van der Waals surface area contributed by atoms with Gasteiger partial charge in [-0.3, -0.25) is 4.79 Å². The maximum atomic E-state index is 11.9. The first-order chi connectivity index (χ1) is 10.1. The van der Waals surface area contributed by atoms with E-state index < -0.39 is 0 Å². The third-order valence-electron chi connectivity index (χ3n) is 4.69. The van der Waals surface area contributed by atoms with Gasteiger partial charge in [0.15, 0.2) is 5.82 Å². The number of hydrogen-bond donors (Lipinski definition) is 1. The predicted molar refractivity (Wildman–Crippen MR) is 82.2 cm³/mol. The van der Waals surface area contributed by atoms with Crippen LogP contribution >= 0.6 is 11.3 Å². The number of aromatic nitrogens is 2. The Morgan fingerprint density at radius 3 is 2.95 bits per heavy atom. The van der Waals surface area contributed by atoms with E-state index >= 15 is 0 Å². The second-order valence-electron chi connectivity index (χ2n) is 6.20. The number of rotatable bonds is 2. The van der Waals surface area contributed by atoms with Gasteiger partial charge in [-0.1, -0.05) is 0 Å². The van der Waals surface area contributed by atoms with Crippen molar-refractivity contribution >= 4 is 33.3 Å². The molecule has 1 unspecified atom stereocenters. The van der Waals surface area contributed by atoms with Crippen LogP contribution < -0.4 is 10.6 Å². The van der Waals surface area contributed by atoms with Gasteiger partial charge in [-0.25, -0.2) is 9.97 Å². The number of nitrogens with zero attached hydrogens (tertiary/aromatic N) is 4. The molecule has 2 aromatic heterocycles. The van der Waals surface area contributed by atoms with E-state index in [1.807, 2.05) is 17.8 Å². The molecular formula is C14H17N5OS. The normalized spacial score (nSPS) is 24.6. The number of nitrogens with two attached hydrogens (primary N) is 1. The van der Waals surface area contributed by atoms with Crippen molar-refractivity contribution in [1.82, 2.24) is 14.9 Å². The zero-order valence-corrected chi connectivity index (χ0v) is 12.6. The zero-order valence-electron chi connectivity index (χ0n) is 11.8. The summed E-state index contributed by atoms with van der Waals surface area (Å²) in [6.07, 6.45) is 1.81. The van der Waals surface area contributed by atoms with Gasteiger partial charge in [-0.15, -0.1) is 11.3 Å². The molecule has 2 fully saturated rings. The summed E-state index contributed by atoms with van der Waals surface area (Å²) in [7, 11) is 2.07. The van der Waals surface area contributed by atoms with Crippen LogP contribution in [0.2, 0.25) is 0 Å². The quantitative estimate of drug-likeness (QED) is 0.876. The van der Waals surface area contributed by atoms with Gasteiger partial charge in [0.25, 0.3) is 0 Å². The minimum Gasteiger partial charge on any atom is -0.369 e. The Hall–Kier alpha value is -1.73. The van der Waals surface area contributed by atoms with Gasteiger partial charge in [0.05, 0.1) is 16.1 Å². The molecule has 0 bridgehead atoms. The average molecular weight is 303 g/mol. The van der Waals surface area contributed by atoms with Crippen LogP contribution in [0, 0.1) is 11.3 Å². The van der Waals surface area contributed by atoms with E-state index in [9.17, 15) is 4.79 Å². The van der Waals surface area contributed by atoms with Crippen molar-refractivity contribution in [3.05, 3.63) is 17.8 Å². The second kappa shape index (κ2) is 4.38. The second-order valence-corrected chi connectivity index (χ2v) is 7.09. The summed E-state index contributed by atoms with van der Waals surface area (Å²) in [6.45, 7) is 3.32. The maximum absolute atomic E-state index is 11.9. The van der Waals surface area contributed by atoms with Gasteiger partial charge >= 0.3 is 0 Å². The molecular weight excluding hydrogens is 286 g/mol. The third kappa shape index (κ3) is 1.84. The van der Waals surface area contributed by atoms with Crippen molar-refractivity contribution in [3.63, 3.8) is 0 Å². The molecule has 0 aromatic carbocycles. The Morgan fingerprint density at radius 2 is 2.24 bits per heavy atom. The Labute approximate surface area is 126 Å². The molecule has 1 spiro atoms. The summed E-state index contributed by atoms with van der Waals surface area (Å²) < 4.78 is 1.13. The number of amides is 1. The first-order valence-electron chi connectivity index (χ1n) is 7.00. The molecule has 0 radical (unpaired) electrons. The van der Waals surface area contributed by atoms with Crippen molar-refractivity contribution < 1.29 is 4.79 Å². The molecule has 1 amide bonds. The number of carbonyl (C=O) groups excluding carboxylic acids is 1. The largest absolute Gasteiger partial charge is 0.369 e. The fourth-order valence-electron chi connectivity index (χ4n) is 3.88. The molecule has 110 valence electrons. The predicted octanol–water partition coefficient (Wildman–Crippen LogP) is 0.545. The molecule has 1 atom stereocenters. The Balaban J connectivity index is 1.71. The van der Waals surface area contributed by atoms with Crippen LogP contribution in [-0.4, -0.2) is 54.0 Å². The minimum absolute atomic E-state index is 0.0134. The summed E-state index contributed by atoms with van der Waals surface area (Å²) >= 11 is 1.61. The average Bonchev–Trinajstić information content (AvgIpc) is 3.01. The van der Waals surface area contributed by atoms with Crippen molar-refractivity contribution in [3.8, 4) is 0 Å². The summed E-state index contributed by atoms with van der Waals surface area (Å²) in [4.78, 5) is 25.2. The molecule has 6 nitrogen and oxygen atoms in total. The highest BCUT2D eigenvalue weighted by Gasteiger charge is 2.55. The summed E-state index contributed by atoms with van der Waals surface area (Å²) in [5.41, 5.74) is 8.39. The lowest BCUT2D eigenvalue weighted by Gasteiger charge is -2.48. The van der Waals surface area contributed by atoms with Crippen LogP contribution in [0.4, 0.5) is 5.82 Å². The van der Waals surface area contributed by atoms with Crippen LogP contribution in [0.15, 0.2) is 17.8 Å². The van der Waals surface area contributed by atoms with Crippen LogP contribution in [0.1, 0.15) is 0 Å². The number of primary amides is 1. The number of thiazole rings is 1. The summed E-state index contributed by atoms with van der Waals surface area (Å²) in [6, 6.07) is 1.98. The lowest BCUT2D eigenvalue weighted by atomic mass is 9.71. The molecule has 2 saturated heterocycles. The first-order valence-corrected chi connectivity index (χ1v) is 7.88. The van der Waals surface area contributed by atoms with Gasteiger partial charge in [-0.05, 0) is 13.1 Å². The minimum atomic E-state index is -0.198. The van der Waals surface area contributed by atoms with Crippen LogP contribution in [0.5, 0.6) is 0 Å². The van der Waals surface area contributed by atoms with E-state index in [0.717, 1.165) is 35.7 Å². The molecule has 2 N–H and O–H groups in total. The highest BCUT2D eigenvalue weighted by atomic mass is 32.1. The molecule has 0 saturated carbocycles. The van der Waals surface area contributed by atoms with E-state index in [0.29, 0.717) is 6.54 Å². The van der Waals surface area contributed by atoms with Crippen molar-refractivity contribution in [2.24, 2.45) is 17.1 Å². The number of anilines is 1. The number of fused-ring (bicyclic) bond motifs is 1. The van der Waals surface area contributed by atoms with E-state index in [-0.39, 0.29) is 17.2 Å². The molecule has 4 heterocycles. The molecule has 2 aliphatic heterocycles. The zero-order chi connectivity index (χ0) is 14.6. The number of pyridine rings is 1. The Morgan fingerprint density at radius 1 is 1.43 bits per heavy atom. The van der Waals surface area contributed by atoms with Gasteiger partial charge in [-0.2, -0.15) is 0 Å². The highest BCUT2D eigenvalue weighted by Crippen LogP contribution is 2.45. The van der Waals surface area contributed by atoms with Gasteiger partial charge in [0, 0.05) is 37.8 Å². The molecule has 7 heteroatoms. The fraction of sp³-hybridized carbons (Fsp3) is 0.500. The third-order valence-corrected chi connectivity index (χ3v) is 5.48. The maximum Gasteiger partial charge on any atom is 0.223 e. The lowest BCUT2D eigenvalue weighted by Crippen LogP contribution is -2.60.